The molecule has 1 aliphatic heterocycles. The van der Waals surface area contributed by atoms with Crippen molar-refractivity contribution in [3.63, 3.8) is 0 Å². The van der Waals surface area contributed by atoms with Crippen molar-refractivity contribution in [3.05, 3.63) is 17.8 Å². The summed E-state index contributed by atoms with van der Waals surface area (Å²) in [6, 6.07) is 3.52. The third-order valence-corrected chi connectivity index (χ3v) is 3.12. The highest BCUT2D eigenvalue weighted by Crippen LogP contribution is 2.20. The summed E-state index contributed by atoms with van der Waals surface area (Å²) in [5.41, 5.74) is 0.269. The Labute approximate surface area is 107 Å². The van der Waals surface area contributed by atoms with Gasteiger partial charge in [0, 0.05) is 13.1 Å². The number of hydrogen-bond acceptors (Lipinski definition) is 5. The Kier molecular flexibility index (Phi) is 4.12. The molecule has 1 atom stereocenters. The van der Waals surface area contributed by atoms with Crippen LogP contribution < -0.4 is 4.90 Å². The van der Waals surface area contributed by atoms with Crippen molar-refractivity contribution in [2.75, 3.05) is 24.6 Å². The Morgan fingerprint density at radius 2 is 2.33 bits per heavy atom. The van der Waals surface area contributed by atoms with E-state index in [4.69, 9.17) is 4.74 Å². The second-order valence-corrected chi connectivity index (χ2v) is 4.69. The quantitative estimate of drug-likeness (QED) is 0.766. The van der Waals surface area contributed by atoms with Crippen molar-refractivity contribution in [2.24, 2.45) is 5.92 Å². The lowest BCUT2D eigenvalue weighted by Gasteiger charge is -2.31. The maximum absolute atomic E-state index is 11.4. The molecule has 0 saturated carbocycles. The molecule has 5 heteroatoms. The zero-order valence-corrected chi connectivity index (χ0v) is 10.9. The average Bonchev–Trinajstić information content (AvgIpc) is 2.39. The number of aromatic nitrogens is 2. The molecule has 0 bridgehead atoms. The van der Waals surface area contributed by atoms with E-state index in [9.17, 15) is 4.79 Å². The fourth-order valence-electron chi connectivity index (χ4n) is 2.21. The molecule has 2 rings (SSSR count). The highest BCUT2D eigenvalue weighted by molar-refractivity contribution is 5.87. The van der Waals surface area contributed by atoms with Crippen LogP contribution in [0.25, 0.3) is 0 Å². The van der Waals surface area contributed by atoms with Crippen molar-refractivity contribution < 1.29 is 9.53 Å². The summed E-state index contributed by atoms with van der Waals surface area (Å²) in [6.45, 7) is 6.39. The van der Waals surface area contributed by atoms with Gasteiger partial charge in [0.15, 0.2) is 11.5 Å². The second-order valence-electron chi connectivity index (χ2n) is 4.69. The molecule has 0 aromatic carbocycles. The number of ether oxygens (including phenoxy) is 1. The van der Waals surface area contributed by atoms with E-state index in [1.165, 1.54) is 12.8 Å². The van der Waals surface area contributed by atoms with Gasteiger partial charge in [0.2, 0.25) is 0 Å². The van der Waals surface area contributed by atoms with E-state index in [-0.39, 0.29) is 5.69 Å². The summed E-state index contributed by atoms with van der Waals surface area (Å²) in [5.74, 6) is 1.11. The molecule has 18 heavy (non-hydrogen) atoms. The molecule has 0 N–H and O–H groups in total. The van der Waals surface area contributed by atoms with Gasteiger partial charge in [-0.3, -0.25) is 0 Å². The van der Waals surface area contributed by atoms with Crippen LogP contribution >= 0.6 is 0 Å². The minimum Gasteiger partial charge on any atom is -0.461 e. The Bertz CT molecular complexity index is 405. The van der Waals surface area contributed by atoms with Gasteiger partial charge in [0.25, 0.3) is 0 Å². The van der Waals surface area contributed by atoms with E-state index in [0.29, 0.717) is 12.5 Å². The Morgan fingerprint density at radius 3 is 2.94 bits per heavy atom. The molecule has 5 nitrogen and oxygen atoms in total. The van der Waals surface area contributed by atoms with E-state index in [1.54, 1.807) is 13.0 Å². The summed E-state index contributed by atoms with van der Waals surface area (Å²) in [4.78, 5) is 13.7. The van der Waals surface area contributed by atoms with Gasteiger partial charge in [0.1, 0.15) is 0 Å². The highest BCUT2D eigenvalue weighted by atomic mass is 16.5. The first-order chi connectivity index (χ1) is 8.70. The van der Waals surface area contributed by atoms with E-state index in [0.717, 1.165) is 18.9 Å². The number of nitrogens with zero attached hydrogens (tertiary/aromatic N) is 3. The van der Waals surface area contributed by atoms with Crippen LogP contribution in [0.5, 0.6) is 0 Å². The third-order valence-electron chi connectivity index (χ3n) is 3.12. The average molecular weight is 249 g/mol. The lowest BCUT2D eigenvalue weighted by molar-refractivity contribution is 0.0518. The molecule has 1 aromatic rings. The van der Waals surface area contributed by atoms with E-state index in [1.807, 2.05) is 6.07 Å². The molecule has 1 aromatic heterocycles. The van der Waals surface area contributed by atoms with Crippen molar-refractivity contribution >= 4 is 11.8 Å². The Balaban J connectivity index is 2.05. The highest BCUT2D eigenvalue weighted by Gasteiger charge is 2.18. The maximum Gasteiger partial charge on any atom is 0.358 e. The summed E-state index contributed by atoms with van der Waals surface area (Å²) in [6.07, 6.45) is 2.45. The topological polar surface area (TPSA) is 55.3 Å². The number of hydrogen-bond donors (Lipinski definition) is 0. The van der Waals surface area contributed by atoms with Crippen LogP contribution in [0, 0.1) is 5.92 Å². The van der Waals surface area contributed by atoms with Crippen LogP contribution in [0.15, 0.2) is 12.1 Å². The number of carbonyl (C=O) groups is 1. The molecule has 0 radical (unpaired) electrons. The molecule has 1 aliphatic rings. The van der Waals surface area contributed by atoms with Crippen LogP contribution in [-0.4, -0.2) is 35.9 Å². The predicted octanol–water partition coefficient (Wildman–Crippen LogP) is 1.89. The first kappa shape index (κ1) is 12.8. The van der Waals surface area contributed by atoms with Gasteiger partial charge in [-0.2, -0.15) is 0 Å². The maximum atomic E-state index is 11.4. The summed E-state index contributed by atoms with van der Waals surface area (Å²) < 4.78 is 4.88. The number of piperidine rings is 1. The minimum absolute atomic E-state index is 0.269. The normalized spacial score (nSPS) is 19.7. The fourth-order valence-corrected chi connectivity index (χ4v) is 2.21. The van der Waals surface area contributed by atoms with Crippen LogP contribution in [0.4, 0.5) is 5.82 Å². The molecular formula is C13H19N3O2. The summed E-state index contributed by atoms with van der Waals surface area (Å²) >= 11 is 0. The first-order valence-electron chi connectivity index (χ1n) is 6.46. The van der Waals surface area contributed by atoms with Crippen LogP contribution in [0.1, 0.15) is 37.2 Å². The molecule has 98 valence electrons. The smallest absolute Gasteiger partial charge is 0.358 e. The minimum atomic E-state index is -0.413. The summed E-state index contributed by atoms with van der Waals surface area (Å²) in [7, 11) is 0. The predicted molar refractivity (Wildman–Crippen MR) is 68.6 cm³/mol. The first-order valence-corrected chi connectivity index (χ1v) is 6.46. The van der Waals surface area contributed by atoms with Gasteiger partial charge >= 0.3 is 5.97 Å². The van der Waals surface area contributed by atoms with Gasteiger partial charge in [-0.1, -0.05) is 6.92 Å². The van der Waals surface area contributed by atoms with Crippen molar-refractivity contribution in [1.29, 1.82) is 0 Å². The number of anilines is 1. The van der Waals surface area contributed by atoms with Gasteiger partial charge in [-0.15, -0.1) is 10.2 Å². The Morgan fingerprint density at radius 1 is 1.50 bits per heavy atom. The van der Waals surface area contributed by atoms with Crippen molar-refractivity contribution in [2.45, 2.75) is 26.7 Å². The van der Waals surface area contributed by atoms with Crippen molar-refractivity contribution in [3.8, 4) is 0 Å². The second kappa shape index (κ2) is 5.80. The fraction of sp³-hybridized carbons (Fsp3) is 0.615. The number of carbonyl (C=O) groups excluding carboxylic acids is 1. The standard InChI is InChI=1S/C13H19N3O2/c1-3-18-13(17)11-6-7-12(15-14-11)16-8-4-5-10(2)9-16/h6-7,10H,3-5,8-9H2,1-2H3. The SMILES string of the molecule is CCOC(=O)c1ccc(N2CCCC(C)C2)nn1. The van der Waals surface area contributed by atoms with Crippen molar-refractivity contribution in [1.82, 2.24) is 10.2 Å². The van der Waals surface area contributed by atoms with Gasteiger partial charge < -0.3 is 9.64 Å². The van der Waals surface area contributed by atoms with Crippen LogP contribution in [-0.2, 0) is 4.74 Å². The van der Waals surface area contributed by atoms with Gasteiger partial charge in [-0.05, 0) is 37.8 Å². The third kappa shape index (κ3) is 2.97. The molecule has 1 unspecified atom stereocenters. The zero-order valence-electron chi connectivity index (χ0n) is 10.9. The van der Waals surface area contributed by atoms with Gasteiger partial charge in [0.05, 0.1) is 6.61 Å². The molecular weight excluding hydrogens is 230 g/mol. The summed E-state index contributed by atoms with van der Waals surface area (Å²) in [5, 5.41) is 8.05. The monoisotopic (exact) mass is 249 g/mol. The lowest BCUT2D eigenvalue weighted by Crippen LogP contribution is -2.35. The van der Waals surface area contributed by atoms with Crippen LogP contribution in [0.2, 0.25) is 0 Å². The van der Waals surface area contributed by atoms with E-state index >= 15 is 0 Å². The van der Waals surface area contributed by atoms with E-state index < -0.39 is 5.97 Å². The lowest BCUT2D eigenvalue weighted by atomic mass is 10.0. The number of rotatable bonds is 3. The molecule has 1 saturated heterocycles. The van der Waals surface area contributed by atoms with Gasteiger partial charge in [-0.25, -0.2) is 4.79 Å². The zero-order chi connectivity index (χ0) is 13.0. The van der Waals surface area contributed by atoms with E-state index in [2.05, 4.69) is 22.0 Å². The van der Waals surface area contributed by atoms with Crippen LogP contribution in [0.3, 0.4) is 0 Å². The molecule has 1 fully saturated rings. The number of esters is 1. The molecule has 2 heterocycles. The molecule has 0 amide bonds. The molecule has 0 spiro atoms. The largest absolute Gasteiger partial charge is 0.461 e. The Hall–Kier alpha value is -1.65. The molecule has 0 aliphatic carbocycles.